The molecule has 1 atom stereocenters. The van der Waals surface area contributed by atoms with Crippen molar-refractivity contribution in [1.29, 1.82) is 0 Å². The molecule has 0 spiro atoms. The van der Waals surface area contributed by atoms with Gasteiger partial charge >= 0.3 is 0 Å². The summed E-state index contributed by atoms with van der Waals surface area (Å²) < 4.78 is 0. The summed E-state index contributed by atoms with van der Waals surface area (Å²) in [6.45, 7) is 8.53. The highest BCUT2D eigenvalue weighted by molar-refractivity contribution is 5.85. The van der Waals surface area contributed by atoms with Crippen LogP contribution in [0.4, 0.5) is 0 Å². The minimum Gasteiger partial charge on any atom is -0.388 e. The Hall–Kier alpha value is -1.39. The van der Waals surface area contributed by atoms with Crippen molar-refractivity contribution >= 4 is 5.91 Å². The molecular formula is C16H24N2O2. The topological polar surface area (TPSA) is 61.4 Å². The SMILES string of the molecule is CC(C)(O)C(C)(C)NC(=O)C1CNCc2ccccc21. The van der Waals surface area contributed by atoms with E-state index in [0.29, 0.717) is 6.54 Å². The molecule has 0 saturated carbocycles. The van der Waals surface area contributed by atoms with Crippen LogP contribution < -0.4 is 10.6 Å². The second kappa shape index (κ2) is 5.19. The number of fused-ring (bicyclic) bond motifs is 1. The highest BCUT2D eigenvalue weighted by atomic mass is 16.3. The number of hydrogen-bond acceptors (Lipinski definition) is 3. The first kappa shape index (κ1) is 15.0. The number of aliphatic hydroxyl groups is 1. The zero-order chi connectivity index (χ0) is 15.0. The monoisotopic (exact) mass is 276 g/mol. The molecule has 1 aliphatic heterocycles. The lowest BCUT2D eigenvalue weighted by Gasteiger charge is -2.39. The molecule has 0 saturated heterocycles. The van der Waals surface area contributed by atoms with E-state index >= 15 is 0 Å². The average molecular weight is 276 g/mol. The van der Waals surface area contributed by atoms with E-state index in [1.54, 1.807) is 13.8 Å². The lowest BCUT2D eigenvalue weighted by atomic mass is 9.84. The summed E-state index contributed by atoms with van der Waals surface area (Å²) >= 11 is 0. The summed E-state index contributed by atoms with van der Waals surface area (Å²) in [6.07, 6.45) is 0. The van der Waals surface area contributed by atoms with Crippen molar-refractivity contribution in [3.63, 3.8) is 0 Å². The molecule has 1 aliphatic rings. The summed E-state index contributed by atoms with van der Waals surface area (Å²) in [5.74, 6) is -0.252. The Morgan fingerprint density at radius 3 is 2.60 bits per heavy atom. The highest BCUT2D eigenvalue weighted by Gasteiger charge is 2.38. The first-order chi connectivity index (χ1) is 9.22. The molecule has 1 amide bonds. The minimum absolute atomic E-state index is 0.0447. The van der Waals surface area contributed by atoms with Crippen LogP contribution in [-0.4, -0.2) is 28.7 Å². The number of nitrogens with one attached hydrogen (secondary N) is 2. The van der Waals surface area contributed by atoms with Gasteiger partial charge in [0, 0.05) is 13.1 Å². The maximum Gasteiger partial charge on any atom is 0.229 e. The van der Waals surface area contributed by atoms with Gasteiger partial charge in [-0.05, 0) is 38.8 Å². The quantitative estimate of drug-likeness (QED) is 0.785. The van der Waals surface area contributed by atoms with Crippen LogP contribution in [0, 0.1) is 0 Å². The van der Waals surface area contributed by atoms with Crippen LogP contribution >= 0.6 is 0 Å². The van der Waals surface area contributed by atoms with Crippen molar-refractivity contribution in [3.8, 4) is 0 Å². The van der Waals surface area contributed by atoms with E-state index < -0.39 is 11.1 Å². The molecule has 20 heavy (non-hydrogen) atoms. The Morgan fingerprint density at radius 1 is 1.30 bits per heavy atom. The van der Waals surface area contributed by atoms with Crippen molar-refractivity contribution in [1.82, 2.24) is 10.6 Å². The Bertz CT molecular complexity index is 503. The third kappa shape index (κ3) is 2.86. The van der Waals surface area contributed by atoms with Crippen LogP contribution in [0.15, 0.2) is 24.3 Å². The maximum atomic E-state index is 12.6. The molecule has 0 fully saturated rings. The second-order valence-electron chi connectivity index (χ2n) is 6.56. The van der Waals surface area contributed by atoms with Crippen LogP contribution in [0.25, 0.3) is 0 Å². The smallest absolute Gasteiger partial charge is 0.229 e. The molecule has 3 N–H and O–H groups in total. The van der Waals surface area contributed by atoms with Gasteiger partial charge in [-0.2, -0.15) is 0 Å². The van der Waals surface area contributed by atoms with E-state index in [0.717, 1.165) is 12.1 Å². The van der Waals surface area contributed by atoms with E-state index in [-0.39, 0.29) is 11.8 Å². The number of amides is 1. The molecule has 0 radical (unpaired) electrons. The van der Waals surface area contributed by atoms with Crippen LogP contribution in [0.2, 0.25) is 0 Å². The summed E-state index contributed by atoms with van der Waals surface area (Å²) in [7, 11) is 0. The van der Waals surface area contributed by atoms with Gasteiger partial charge in [-0.25, -0.2) is 0 Å². The second-order valence-corrected chi connectivity index (χ2v) is 6.56. The Kier molecular flexibility index (Phi) is 3.89. The van der Waals surface area contributed by atoms with Gasteiger partial charge in [-0.1, -0.05) is 24.3 Å². The van der Waals surface area contributed by atoms with Crippen LogP contribution in [0.1, 0.15) is 44.7 Å². The van der Waals surface area contributed by atoms with E-state index in [4.69, 9.17) is 0 Å². The molecule has 1 aromatic rings. The zero-order valence-corrected chi connectivity index (χ0v) is 12.7. The summed E-state index contributed by atoms with van der Waals surface area (Å²) in [6, 6.07) is 8.01. The molecule has 110 valence electrons. The molecule has 4 heteroatoms. The Balaban J connectivity index is 2.20. The van der Waals surface area contributed by atoms with Crippen LogP contribution in [0.5, 0.6) is 0 Å². The van der Waals surface area contributed by atoms with Gasteiger partial charge in [0.25, 0.3) is 0 Å². The number of rotatable bonds is 3. The average Bonchev–Trinajstić information content (AvgIpc) is 2.36. The zero-order valence-electron chi connectivity index (χ0n) is 12.7. The summed E-state index contributed by atoms with van der Waals surface area (Å²) in [5.41, 5.74) is 0.580. The van der Waals surface area contributed by atoms with Crippen molar-refractivity contribution < 1.29 is 9.90 Å². The summed E-state index contributed by atoms with van der Waals surface area (Å²) in [5, 5.41) is 16.4. The van der Waals surface area contributed by atoms with E-state index in [1.165, 1.54) is 5.56 Å². The number of carbonyl (C=O) groups is 1. The standard InChI is InChI=1S/C16H24N2O2/c1-15(2,16(3,4)20)18-14(19)13-10-17-9-11-7-5-6-8-12(11)13/h5-8,13,17,20H,9-10H2,1-4H3,(H,18,19). The molecule has 0 aliphatic carbocycles. The maximum absolute atomic E-state index is 12.6. The van der Waals surface area contributed by atoms with E-state index in [2.05, 4.69) is 10.6 Å². The predicted molar refractivity (Wildman–Crippen MR) is 79.4 cm³/mol. The first-order valence-electron chi connectivity index (χ1n) is 7.05. The Labute approximate surface area is 120 Å². The molecule has 2 rings (SSSR count). The number of hydrogen-bond donors (Lipinski definition) is 3. The van der Waals surface area contributed by atoms with Gasteiger partial charge in [0.05, 0.1) is 17.1 Å². The van der Waals surface area contributed by atoms with Crippen molar-refractivity contribution in [2.24, 2.45) is 0 Å². The van der Waals surface area contributed by atoms with E-state index in [1.807, 2.05) is 38.1 Å². The normalized spacial score (nSPS) is 19.4. The Morgan fingerprint density at radius 2 is 1.95 bits per heavy atom. The number of benzene rings is 1. The van der Waals surface area contributed by atoms with Gasteiger partial charge in [0.2, 0.25) is 5.91 Å². The highest BCUT2D eigenvalue weighted by Crippen LogP contribution is 2.26. The van der Waals surface area contributed by atoms with Crippen LogP contribution in [-0.2, 0) is 11.3 Å². The predicted octanol–water partition coefficient (Wildman–Crippen LogP) is 1.54. The molecule has 1 aromatic carbocycles. The lowest BCUT2D eigenvalue weighted by Crippen LogP contribution is -2.59. The first-order valence-corrected chi connectivity index (χ1v) is 7.05. The van der Waals surface area contributed by atoms with Gasteiger partial charge in [0.1, 0.15) is 0 Å². The minimum atomic E-state index is -0.982. The molecule has 0 bridgehead atoms. The fourth-order valence-electron chi connectivity index (χ4n) is 2.28. The fraction of sp³-hybridized carbons (Fsp3) is 0.562. The van der Waals surface area contributed by atoms with Crippen molar-refractivity contribution in [2.45, 2.75) is 51.3 Å². The van der Waals surface area contributed by atoms with Crippen molar-refractivity contribution in [3.05, 3.63) is 35.4 Å². The molecule has 1 unspecified atom stereocenters. The number of carbonyl (C=O) groups excluding carboxylic acids is 1. The molecular weight excluding hydrogens is 252 g/mol. The van der Waals surface area contributed by atoms with Crippen molar-refractivity contribution in [2.75, 3.05) is 6.54 Å². The molecule has 4 nitrogen and oxygen atoms in total. The third-order valence-corrected chi connectivity index (χ3v) is 4.38. The fourth-order valence-corrected chi connectivity index (χ4v) is 2.28. The molecule has 0 aromatic heterocycles. The van der Waals surface area contributed by atoms with Gasteiger partial charge in [-0.3, -0.25) is 4.79 Å². The van der Waals surface area contributed by atoms with Gasteiger partial charge < -0.3 is 15.7 Å². The van der Waals surface area contributed by atoms with Crippen LogP contribution in [0.3, 0.4) is 0 Å². The molecule has 1 heterocycles. The lowest BCUT2D eigenvalue weighted by molar-refractivity contribution is -0.127. The third-order valence-electron chi connectivity index (χ3n) is 4.38. The summed E-state index contributed by atoms with van der Waals surface area (Å²) in [4.78, 5) is 12.6. The van der Waals surface area contributed by atoms with Gasteiger partial charge in [-0.15, -0.1) is 0 Å². The van der Waals surface area contributed by atoms with E-state index in [9.17, 15) is 9.90 Å². The van der Waals surface area contributed by atoms with Gasteiger partial charge in [0.15, 0.2) is 0 Å². The largest absolute Gasteiger partial charge is 0.388 e.